The molecule has 1 aliphatic heterocycles. The molecule has 1 aliphatic rings. The average Bonchev–Trinajstić information content (AvgIpc) is 3.00. The van der Waals surface area contributed by atoms with E-state index in [1.165, 1.54) is 4.31 Å². The van der Waals surface area contributed by atoms with Crippen LogP contribution in [0, 0.1) is 5.92 Å². The van der Waals surface area contributed by atoms with Gasteiger partial charge in [0.2, 0.25) is 15.9 Å². The molecule has 1 saturated heterocycles. The Morgan fingerprint density at radius 2 is 1.77 bits per heavy atom. The molecule has 22 heavy (non-hydrogen) atoms. The Kier molecular flexibility index (Phi) is 5.58. The highest BCUT2D eigenvalue weighted by molar-refractivity contribution is 7.89. The third kappa shape index (κ3) is 4.30. The lowest BCUT2D eigenvalue weighted by molar-refractivity contribution is -0.121. The van der Waals surface area contributed by atoms with Gasteiger partial charge in [-0.1, -0.05) is 26.0 Å². The first-order valence-electron chi connectivity index (χ1n) is 7.75. The molecule has 0 saturated carbocycles. The number of sulfonamides is 1. The number of nitrogens with zero attached hydrogens (tertiary/aromatic N) is 1. The van der Waals surface area contributed by atoms with E-state index in [9.17, 15) is 13.2 Å². The summed E-state index contributed by atoms with van der Waals surface area (Å²) in [6, 6.07) is 6.77. The van der Waals surface area contributed by atoms with E-state index in [0.29, 0.717) is 36.9 Å². The predicted molar refractivity (Wildman–Crippen MR) is 85.7 cm³/mol. The van der Waals surface area contributed by atoms with Crippen molar-refractivity contribution in [2.45, 2.75) is 44.6 Å². The summed E-state index contributed by atoms with van der Waals surface area (Å²) in [5.41, 5.74) is 0.900. The first kappa shape index (κ1) is 17.0. The number of benzene rings is 1. The molecule has 5 nitrogen and oxygen atoms in total. The Bertz CT molecular complexity index is 603. The standard InChI is InChI=1S/C16H24N2O3S/c1-13(2)11-16(19)17-12-14-5-7-15(8-6-14)22(20,21)18-9-3-4-10-18/h5-8,13H,3-4,9-12H2,1-2H3,(H,17,19). The van der Waals surface area contributed by atoms with Crippen LogP contribution in [0.1, 0.15) is 38.7 Å². The second-order valence-electron chi connectivity index (χ2n) is 6.13. The number of nitrogens with one attached hydrogen (secondary N) is 1. The molecule has 1 amide bonds. The van der Waals surface area contributed by atoms with E-state index in [1.807, 2.05) is 13.8 Å². The normalized spacial score (nSPS) is 16.1. The molecule has 0 bridgehead atoms. The number of hydrogen-bond acceptors (Lipinski definition) is 3. The zero-order valence-corrected chi connectivity index (χ0v) is 14.0. The van der Waals surface area contributed by atoms with Crippen LogP contribution in [0.25, 0.3) is 0 Å². The van der Waals surface area contributed by atoms with Crippen molar-refractivity contribution >= 4 is 15.9 Å². The van der Waals surface area contributed by atoms with Crippen LogP contribution < -0.4 is 5.32 Å². The monoisotopic (exact) mass is 324 g/mol. The topological polar surface area (TPSA) is 66.5 Å². The van der Waals surface area contributed by atoms with Gasteiger partial charge >= 0.3 is 0 Å². The summed E-state index contributed by atoms with van der Waals surface area (Å²) in [7, 11) is -3.36. The van der Waals surface area contributed by atoms with Crippen molar-refractivity contribution in [3.63, 3.8) is 0 Å². The average molecular weight is 324 g/mol. The number of amides is 1. The van der Waals surface area contributed by atoms with Crippen LogP contribution in [-0.4, -0.2) is 31.7 Å². The largest absolute Gasteiger partial charge is 0.352 e. The lowest BCUT2D eigenvalue weighted by Crippen LogP contribution is -2.28. The van der Waals surface area contributed by atoms with Crippen molar-refractivity contribution in [3.8, 4) is 0 Å². The fourth-order valence-electron chi connectivity index (χ4n) is 2.50. The molecule has 0 radical (unpaired) electrons. The van der Waals surface area contributed by atoms with Gasteiger partial charge in [-0.2, -0.15) is 4.31 Å². The fraction of sp³-hybridized carbons (Fsp3) is 0.562. The van der Waals surface area contributed by atoms with E-state index in [-0.39, 0.29) is 5.91 Å². The van der Waals surface area contributed by atoms with E-state index in [0.717, 1.165) is 18.4 Å². The predicted octanol–water partition coefficient (Wildman–Crippen LogP) is 2.13. The Morgan fingerprint density at radius 1 is 1.18 bits per heavy atom. The van der Waals surface area contributed by atoms with Gasteiger partial charge in [-0.15, -0.1) is 0 Å². The highest BCUT2D eigenvalue weighted by Gasteiger charge is 2.26. The minimum Gasteiger partial charge on any atom is -0.352 e. The van der Waals surface area contributed by atoms with Crippen LogP contribution in [-0.2, 0) is 21.4 Å². The minimum absolute atomic E-state index is 0.0174. The van der Waals surface area contributed by atoms with Gasteiger partial charge in [0.15, 0.2) is 0 Å². The molecular formula is C16H24N2O3S. The molecule has 1 aromatic carbocycles. The molecular weight excluding hydrogens is 300 g/mol. The second-order valence-corrected chi connectivity index (χ2v) is 8.07. The molecule has 0 aromatic heterocycles. The van der Waals surface area contributed by atoms with Crippen molar-refractivity contribution in [3.05, 3.63) is 29.8 Å². The maximum absolute atomic E-state index is 12.4. The third-order valence-corrected chi connectivity index (χ3v) is 5.62. The summed E-state index contributed by atoms with van der Waals surface area (Å²) in [4.78, 5) is 11.9. The molecule has 1 heterocycles. The molecule has 1 aromatic rings. The smallest absolute Gasteiger partial charge is 0.243 e. The van der Waals surface area contributed by atoms with E-state index in [4.69, 9.17) is 0 Å². The maximum Gasteiger partial charge on any atom is 0.243 e. The van der Waals surface area contributed by atoms with Crippen molar-refractivity contribution in [2.75, 3.05) is 13.1 Å². The first-order chi connectivity index (χ1) is 10.4. The maximum atomic E-state index is 12.4. The summed E-state index contributed by atoms with van der Waals surface area (Å²) in [6.07, 6.45) is 2.36. The number of carbonyl (C=O) groups is 1. The summed E-state index contributed by atoms with van der Waals surface area (Å²) < 4.78 is 26.3. The number of carbonyl (C=O) groups excluding carboxylic acids is 1. The lowest BCUT2D eigenvalue weighted by Gasteiger charge is -2.15. The molecule has 1 N–H and O–H groups in total. The fourth-order valence-corrected chi connectivity index (χ4v) is 4.02. The van der Waals surface area contributed by atoms with Crippen molar-refractivity contribution in [1.82, 2.24) is 9.62 Å². The number of hydrogen-bond donors (Lipinski definition) is 1. The third-order valence-electron chi connectivity index (χ3n) is 3.71. The van der Waals surface area contributed by atoms with E-state index < -0.39 is 10.0 Å². The van der Waals surface area contributed by atoms with Crippen molar-refractivity contribution in [1.29, 1.82) is 0 Å². The van der Waals surface area contributed by atoms with E-state index in [2.05, 4.69) is 5.32 Å². The Balaban J connectivity index is 1.97. The van der Waals surface area contributed by atoms with Gasteiger partial charge < -0.3 is 5.32 Å². The summed E-state index contributed by atoms with van der Waals surface area (Å²) in [6.45, 7) is 5.63. The molecule has 122 valence electrons. The quantitative estimate of drug-likeness (QED) is 0.872. The summed E-state index contributed by atoms with van der Waals surface area (Å²) in [5, 5.41) is 2.84. The molecule has 0 atom stereocenters. The molecule has 0 aliphatic carbocycles. The van der Waals surface area contributed by atoms with Gasteiger partial charge in [0.05, 0.1) is 4.90 Å². The first-order valence-corrected chi connectivity index (χ1v) is 9.19. The van der Waals surface area contributed by atoms with Crippen LogP contribution in [0.3, 0.4) is 0 Å². The van der Waals surface area contributed by atoms with E-state index >= 15 is 0 Å². The van der Waals surface area contributed by atoms with Gasteiger partial charge in [-0.25, -0.2) is 8.42 Å². The second kappa shape index (κ2) is 7.24. The Labute approximate surface area is 132 Å². The zero-order chi connectivity index (χ0) is 16.2. The van der Waals surface area contributed by atoms with Crippen LogP contribution in [0.15, 0.2) is 29.2 Å². The zero-order valence-electron chi connectivity index (χ0n) is 13.2. The molecule has 0 unspecified atom stereocenters. The Morgan fingerprint density at radius 3 is 2.32 bits per heavy atom. The molecule has 6 heteroatoms. The lowest BCUT2D eigenvalue weighted by atomic mass is 10.1. The van der Waals surface area contributed by atoms with E-state index in [1.54, 1.807) is 24.3 Å². The minimum atomic E-state index is -3.36. The van der Waals surface area contributed by atoms with Crippen molar-refractivity contribution in [2.24, 2.45) is 5.92 Å². The van der Waals surface area contributed by atoms with Gasteiger partial charge in [-0.3, -0.25) is 4.79 Å². The van der Waals surface area contributed by atoms with Crippen LogP contribution in [0.2, 0.25) is 0 Å². The van der Waals surface area contributed by atoms with Crippen LogP contribution in [0.5, 0.6) is 0 Å². The molecule has 0 spiro atoms. The highest BCUT2D eigenvalue weighted by Crippen LogP contribution is 2.21. The van der Waals surface area contributed by atoms with Gasteiger partial charge in [0.1, 0.15) is 0 Å². The Hall–Kier alpha value is -1.40. The molecule has 2 rings (SSSR count). The SMILES string of the molecule is CC(C)CC(=O)NCc1ccc(S(=O)(=O)N2CCCC2)cc1. The van der Waals surface area contributed by atoms with Gasteiger partial charge in [0.25, 0.3) is 0 Å². The van der Waals surface area contributed by atoms with Gasteiger partial charge in [0, 0.05) is 26.1 Å². The summed E-state index contributed by atoms with van der Waals surface area (Å²) >= 11 is 0. The highest BCUT2D eigenvalue weighted by atomic mass is 32.2. The summed E-state index contributed by atoms with van der Waals surface area (Å²) in [5.74, 6) is 0.344. The molecule has 1 fully saturated rings. The van der Waals surface area contributed by atoms with Gasteiger partial charge in [-0.05, 0) is 36.5 Å². The number of rotatable bonds is 6. The van der Waals surface area contributed by atoms with Crippen molar-refractivity contribution < 1.29 is 13.2 Å². The van der Waals surface area contributed by atoms with Crippen LogP contribution in [0.4, 0.5) is 0 Å². The van der Waals surface area contributed by atoms with Crippen LogP contribution >= 0.6 is 0 Å².